The van der Waals surface area contributed by atoms with Crippen LogP contribution >= 0.6 is 0 Å². The van der Waals surface area contributed by atoms with Gasteiger partial charge < -0.3 is 4.74 Å². The number of hydrogen-bond donors (Lipinski definition) is 0. The molecule has 0 spiro atoms. The average Bonchev–Trinajstić information content (AvgIpc) is 2.46. The number of rotatable bonds is 7. The predicted octanol–water partition coefficient (Wildman–Crippen LogP) is 4.32. The summed E-state index contributed by atoms with van der Waals surface area (Å²) in [5.41, 5.74) is 5.32. The normalized spacial score (nSPS) is 11.9. The maximum atomic E-state index is 12.0. The number of ether oxygens (including phenoxy) is 1. The number of aldehydes is 1. The monoisotopic (exact) mass is 302 g/mol. The fraction of sp³-hybridized carbons (Fsp3) is 0.474. The van der Waals surface area contributed by atoms with E-state index in [2.05, 4.69) is 19.1 Å². The van der Waals surface area contributed by atoms with E-state index in [4.69, 9.17) is 4.74 Å². The first kappa shape index (κ1) is 18.1. The summed E-state index contributed by atoms with van der Waals surface area (Å²) in [5, 5.41) is 0. The number of aryl methyl sites for hydroxylation is 3. The van der Waals surface area contributed by atoms with Crippen LogP contribution in [0.1, 0.15) is 54.9 Å². The number of hydrogen-bond acceptors (Lipinski definition) is 3. The summed E-state index contributed by atoms with van der Waals surface area (Å²) >= 11 is 0. The first-order valence-corrected chi connectivity index (χ1v) is 7.81. The zero-order valence-corrected chi connectivity index (χ0v) is 14.3. The molecule has 0 amide bonds. The Kier molecular flexibility index (Phi) is 7.03. The van der Waals surface area contributed by atoms with Gasteiger partial charge in [-0.05, 0) is 55.9 Å². The first-order chi connectivity index (χ1) is 10.5. The molecule has 0 radical (unpaired) electrons. The molecule has 0 aliphatic heterocycles. The van der Waals surface area contributed by atoms with Crippen LogP contribution in [0, 0.1) is 20.8 Å². The molecule has 0 saturated heterocycles. The fourth-order valence-corrected chi connectivity index (χ4v) is 2.95. The third-order valence-corrected chi connectivity index (χ3v) is 3.86. The van der Waals surface area contributed by atoms with Crippen molar-refractivity contribution in [2.75, 3.05) is 7.11 Å². The maximum Gasteiger partial charge on any atom is 0.341 e. The van der Waals surface area contributed by atoms with Gasteiger partial charge in [0.25, 0.3) is 0 Å². The molecular formula is C19H26O3. The van der Waals surface area contributed by atoms with Gasteiger partial charge in [-0.2, -0.15) is 0 Å². The molecule has 1 aromatic carbocycles. The molecular weight excluding hydrogens is 276 g/mol. The van der Waals surface area contributed by atoms with Crippen LogP contribution in [0.5, 0.6) is 0 Å². The first-order valence-electron chi connectivity index (χ1n) is 7.81. The van der Waals surface area contributed by atoms with Crippen LogP contribution in [0.2, 0.25) is 0 Å². The van der Waals surface area contributed by atoms with E-state index in [1.165, 1.54) is 12.7 Å². The molecule has 0 aliphatic rings. The SMILES string of the molecule is CCCCC/C(=C(/C=O)C(=O)OC)c1c(C)cc(C)cc1C. The van der Waals surface area contributed by atoms with E-state index in [9.17, 15) is 9.59 Å². The van der Waals surface area contributed by atoms with Crippen LogP contribution in [-0.2, 0) is 14.3 Å². The van der Waals surface area contributed by atoms with E-state index in [1.807, 2.05) is 20.8 Å². The van der Waals surface area contributed by atoms with Crippen LogP contribution < -0.4 is 0 Å². The maximum absolute atomic E-state index is 12.0. The Morgan fingerprint density at radius 2 is 1.73 bits per heavy atom. The largest absolute Gasteiger partial charge is 0.465 e. The third kappa shape index (κ3) is 4.30. The molecule has 0 N–H and O–H groups in total. The summed E-state index contributed by atoms with van der Waals surface area (Å²) < 4.78 is 4.79. The highest BCUT2D eigenvalue weighted by atomic mass is 16.5. The molecule has 1 rings (SSSR count). The van der Waals surface area contributed by atoms with E-state index >= 15 is 0 Å². The molecule has 0 atom stereocenters. The molecule has 0 bridgehead atoms. The standard InChI is InChI=1S/C19H26O3/c1-6-7-8-9-16(17(12-20)19(21)22-5)18-14(3)10-13(2)11-15(18)4/h10-12H,6-9H2,1-5H3/b17-16+. The van der Waals surface area contributed by atoms with Crippen LogP contribution in [0.4, 0.5) is 0 Å². The quantitative estimate of drug-likeness (QED) is 0.188. The van der Waals surface area contributed by atoms with Gasteiger partial charge in [-0.15, -0.1) is 0 Å². The van der Waals surface area contributed by atoms with Crippen molar-refractivity contribution in [2.45, 2.75) is 53.4 Å². The van der Waals surface area contributed by atoms with Crippen molar-refractivity contribution in [3.63, 3.8) is 0 Å². The van der Waals surface area contributed by atoms with E-state index in [0.29, 0.717) is 12.7 Å². The van der Waals surface area contributed by atoms with Gasteiger partial charge in [0.1, 0.15) is 5.57 Å². The second-order valence-electron chi connectivity index (χ2n) is 5.73. The summed E-state index contributed by atoms with van der Waals surface area (Å²) in [6.07, 6.45) is 4.45. The van der Waals surface area contributed by atoms with Gasteiger partial charge in [0.05, 0.1) is 7.11 Å². The number of unbranched alkanes of at least 4 members (excludes halogenated alkanes) is 2. The lowest BCUT2D eigenvalue weighted by Crippen LogP contribution is -2.10. The van der Waals surface area contributed by atoms with E-state index in [0.717, 1.165) is 41.5 Å². The Morgan fingerprint density at radius 3 is 2.18 bits per heavy atom. The van der Waals surface area contributed by atoms with Crippen LogP contribution in [-0.4, -0.2) is 19.4 Å². The number of esters is 1. The lowest BCUT2D eigenvalue weighted by atomic mass is 9.88. The molecule has 0 aliphatic carbocycles. The second kappa shape index (κ2) is 8.52. The number of benzene rings is 1. The summed E-state index contributed by atoms with van der Waals surface area (Å²) in [6.45, 7) is 8.22. The summed E-state index contributed by atoms with van der Waals surface area (Å²) in [5.74, 6) is -0.555. The topological polar surface area (TPSA) is 43.4 Å². The van der Waals surface area contributed by atoms with Gasteiger partial charge in [0, 0.05) is 0 Å². The summed E-state index contributed by atoms with van der Waals surface area (Å²) in [6, 6.07) is 4.17. The van der Waals surface area contributed by atoms with Crippen molar-refractivity contribution in [3.05, 3.63) is 40.0 Å². The highest BCUT2D eigenvalue weighted by molar-refractivity contribution is 6.14. The lowest BCUT2D eigenvalue weighted by molar-refractivity contribution is -0.136. The van der Waals surface area contributed by atoms with Gasteiger partial charge >= 0.3 is 5.97 Å². The van der Waals surface area contributed by atoms with E-state index in [-0.39, 0.29) is 5.57 Å². The molecule has 0 fully saturated rings. The Bertz CT molecular complexity index is 559. The van der Waals surface area contributed by atoms with Gasteiger partial charge in [-0.1, -0.05) is 37.5 Å². The Labute approximate surface area is 133 Å². The number of allylic oxidation sites excluding steroid dienone is 1. The summed E-state index contributed by atoms with van der Waals surface area (Å²) in [4.78, 5) is 23.5. The van der Waals surface area contributed by atoms with E-state index in [1.54, 1.807) is 0 Å². The molecule has 0 aromatic heterocycles. The molecule has 0 heterocycles. The van der Waals surface area contributed by atoms with Crippen molar-refractivity contribution < 1.29 is 14.3 Å². The van der Waals surface area contributed by atoms with Gasteiger partial charge in [-0.3, -0.25) is 4.79 Å². The average molecular weight is 302 g/mol. The molecule has 22 heavy (non-hydrogen) atoms. The van der Waals surface area contributed by atoms with Gasteiger partial charge in [0.2, 0.25) is 0 Å². The third-order valence-electron chi connectivity index (χ3n) is 3.86. The van der Waals surface area contributed by atoms with Crippen molar-refractivity contribution in [1.82, 2.24) is 0 Å². The van der Waals surface area contributed by atoms with E-state index < -0.39 is 5.97 Å². The zero-order chi connectivity index (χ0) is 16.7. The number of methoxy groups -OCH3 is 1. The lowest BCUT2D eigenvalue weighted by Gasteiger charge is -2.17. The highest BCUT2D eigenvalue weighted by Crippen LogP contribution is 2.31. The molecule has 0 unspecified atom stereocenters. The predicted molar refractivity (Wildman–Crippen MR) is 89.8 cm³/mol. The Balaban J connectivity index is 3.47. The van der Waals surface area contributed by atoms with Crippen LogP contribution in [0.25, 0.3) is 5.57 Å². The van der Waals surface area contributed by atoms with Gasteiger partial charge in [-0.25, -0.2) is 4.79 Å². The van der Waals surface area contributed by atoms with Crippen LogP contribution in [0.3, 0.4) is 0 Å². The molecule has 3 heteroatoms. The van der Waals surface area contributed by atoms with Crippen LogP contribution in [0.15, 0.2) is 17.7 Å². The van der Waals surface area contributed by atoms with Gasteiger partial charge in [0.15, 0.2) is 6.29 Å². The number of carbonyl (C=O) groups is 2. The molecule has 3 nitrogen and oxygen atoms in total. The minimum atomic E-state index is -0.555. The van der Waals surface area contributed by atoms with Crippen molar-refractivity contribution in [3.8, 4) is 0 Å². The Morgan fingerprint density at radius 1 is 1.14 bits per heavy atom. The fourth-order valence-electron chi connectivity index (χ4n) is 2.95. The summed E-state index contributed by atoms with van der Waals surface area (Å²) in [7, 11) is 1.31. The zero-order valence-electron chi connectivity index (χ0n) is 14.3. The minimum Gasteiger partial charge on any atom is -0.465 e. The van der Waals surface area contributed by atoms with Crippen molar-refractivity contribution in [1.29, 1.82) is 0 Å². The van der Waals surface area contributed by atoms with Crippen molar-refractivity contribution in [2.24, 2.45) is 0 Å². The Hall–Kier alpha value is -1.90. The van der Waals surface area contributed by atoms with Crippen molar-refractivity contribution >= 4 is 17.8 Å². The highest BCUT2D eigenvalue weighted by Gasteiger charge is 2.19. The molecule has 0 saturated carbocycles. The number of carbonyl (C=O) groups excluding carboxylic acids is 2. The minimum absolute atomic E-state index is 0.147. The molecule has 120 valence electrons. The molecule has 1 aromatic rings. The smallest absolute Gasteiger partial charge is 0.341 e. The second-order valence-corrected chi connectivity index (χ2v) is 5.73.